The SMILES string of the molecule is CCC1(CC)CC(CCN2CCN(C(c3ccccc3)c3ccccc3)CC2)OC1=O.Cl. The minimum absolute atomic E-state index is 0. The van der Waals surface area contributed by atoms with Gasteiger partial charge in [0, 0.05) is 39.1 Å². The van der Waals surface area contributed by atoms with E-state index in [9.17, 15) is 4.79 Å². The fourth-order valence-electron chi connectivity index (χ4n) is 5.28. The van der Waals surface area contributed by atoms with Crippen molar-refractivity contribution in [3.8, 4) is 0 Å². The maximum atomic E-state index is 12.4. The average molecular weight is 457 g/mol. The quantitative estimate of drug-likeness (QED) is 0.503. The number of carbonyl (C=O) groups is 1. The number of esters is 1. The molecule has 5 heteroatoms. The van der Waals surface area contributed by atoms with Gasteiger partial charge in [-0.3, -0.25) is 9.69 Å². The second-order valence-electron chi connectivity index (χ2n) is 9.11. The third-order valence-electron chi connectivity index (χ3n) is 7.45. The Balaban J connectivity index is 0.00000289. The van der Waals surface area contributed by atoms with Gasteiger partial charge >= 0.3 is 5.97 Å². The van der Waals surface area contributed by atoms with Crippen LogP contribution in [0.25, 0.3) is 0 Å². The minimum Gasteiger partial charge on any atom is -0.462 e. The minimum atomic E-state index is -0.234. The summed E-state index contributed by atoms with van der Waals surface area (Å²) in [6.07, 6.45) is 3.71. The van der Waals surface area contributed by atoms with Crippen molar-refractivity contribution in [1.82, 2.24) is 9.80 Å². The molecule has 2 aromatic carbocycles. The Morgan fingerprint density at radius 2 is 1.44 bits per heavy atom. The molecule has 2 aliphatic rings. The monoisotopic (exact) mass is 456 g/mol. The maximum Gasteiger partial charge on any atom is 0.312 e. The highest BCUT2D eigenvalue weighted by atomic mass is 35.5. The standard InChI is InChI=1S/C27H36N2O2.ClH/c1-3-27(4-2)21-24(31-26(27)30)15-16-28-17-19-29(20-18-28)25(22-11-7-5-8-12-22)23-13-9-6-10-14-23;/h5-14,24-25H,3-4,15-21H2,1-2H3;1H. The fourth-order valence-corrected chi connectivity index (χ4v) is 5.28. The summed E-state index contributed by atoms with van der Waals surface area (Å²) in [7, 11) is 0. The number of cyclic esters (lactones) is 1. The van der Waals surface area contributed by atoms with Crippen molar-refractivity contribution >= 4 is 18.4 Å². The van der Waals surface area contributed by atoms with E-state index >= 15 is 0 Å². The molecule has 0 N–H and O–H groups in total. The molecule has 0 amide bonds. The number of rotatable bonds is 8. The van der Waals surface area contributed by atoms with Crippen LogP contribution in [-0.4, -0.2) is 54.6 Å². The molecule has 0 saturated carbocycles. The van der Waals surface area contributed by atoms with Crippen LogP contribution in [0.1, 0.15) is 56.7 Å². The van der Waals surface area contributed by atoms with Gasteiger partial charge in [0.05, 0.1) is 11.5 Å². The normalized spacial score (nSPS) is 21.3. The number of hydrogen-bond acceptors (Lipinski definition) is 4. The van der Waals surface area contributed by atoms with Crippen molar-refractivity contribution in [2.75, 3.05) is 32.7 Å². The molecule has 174 valence electrons. The Morgan fingerprint density at radius 3 is 1.91 bits per heavy atom. The molecule has 4 nitrogen and oxygen atoms in total. The van der Waals surface area contributed by atoms with Gasteiger partial charge in [-0.1, -0.05) is 74.5 Å². The van der Waals surface area contributed by atoms with E-state index in [2.05, 4.69) is 84.3 Å². The largest absolute Gasteiger partial charge is 0.462 e. The number of hydrogen-bond donors (Lipinski definition) is 0. The van der Waals surface area contributed by atoms with Gasteiger partial charge in [0.25, 0.3) is 0 Å². The zero-order valence-corrected chi connectivity index (χ0v) is 20.2. The van der Waals surface area contributed by atoms with E-state index in [0.717, 1.165) is 58.4 Å². The van der Waals surface area contributed by atoms with Crippen molar-refractivity contribution in [2.45, 2.75) is 51.7 Å². The van der Waals surface area contributed by atoms with Gasteiger partial charge in [-0.05, 0) is 30.4 Å². The number of halogens is 1. The Bertz CT molecular complexity index is 794. The molecule has 4 rings (SSSR count). The molecule has 1 unspecified atom stereocenters. The van der Waals surface area contributed by atoms with Crippen LogP contribution < -0.4 is 0 Å². The lowest BCUT2D eigenvalue weighted by Gasteiger charge is -2.40. The van der Waals surface area contributed by atoms with Crippen LogP contribution in [0, 0.1) is 5.41 Å². The summed E-state index contributed by atoms with van der Waals surface area (Å²) >= 11 is 0. The molecule has 2 heterocycles. The molecule has 1 atom stereocenters. The number of nitrogens with zero attached hydrogens (tertiary/aromatic N) is 2. The summed E-state index contributed by atoms with van der Waals surface area (Å²) in [5.74, 6) is 0.0286. The predicted octanol–water partition coefficient (Wildman–Crippen LogP) is 5.33. The zero-order chi connectivity index (χ0) is 21.7. The molecule has 0 aliphatic carbocycles. The lowest BCUT2D eigenvalue weighted by Crippen LogP contribution is -2.48. The maximum absolute atomic E-state index is 12.4. The topological polar surface area (TPSA) is 32.8 Å². The fraction of sp³-hybridized carbons (Fsp3) is 0.519. The van der Waals surface area contributed by atoms with Gasteiger partial charge in [-0.2, -0.15) is 0 Å². The number of carbonyl (C=O) groups excluding carboxylic acids is 1. The molecule has 0 bridgehead atoms. The van der Waals surface area contributed by atoms with E-state index in [1.807, 2.05) is 0 Å². The van der Waals surface area contributed by atoms with Crippen LogP contribution in [0.4, 0.5) is 0 Å². The molecular weight excluding hydrogens is 420 g/mol. The second-order valence-corrected chi connectivity index (χ2v) is 9.11. The number of ether oxygens (including phenoxy) is 1. The van der Waals surface area contributed by atoms with E-state index in [-0.39, 0.29) is 29.9 Å². The second kappa shape index (κ2) is 11.3. The lowest BCUT2D eigenvalue weighted by atomic mass is 9.79. The van der Waals surface area contributed by atoms with Crippen LogP contribution >= 0.6 is 12.4 Å². The van der Waals surface area contributed by atoms with Gasteiger partial charge in [-0.15, -0.1) is 12.4 Å². The third kappa shape index (κ3) is 5.36. The van der Waals surface area contributed by atoms with Crippen molar-refractivity contribution in [3.63, 3.8) is 0 Å². The van der Waals surface area contributed by atoms with Crippen LogP contribution in [0.5, 0.6) is 0 Å². The first-order chi connectivity index (χ1) is 15.1. The Labute approximate surface area is 199 Å². The lowest BCUT2D eigenvalue weighted by molar-refractivity contribution is -0.149. The first-order valence-corrected chi connectivity index (χ1v) is 11.9. The van der Waals surface area contributed by atoms with E-state index in [1.165, 1.54) is 11.1 Å². The average Bonchev–Trinajstić information content (AvgIpc) is 3.16. The number of piperazine rings is 1. The summed E-state index contributed by atoms with van der Waals surface area (Å²) < 4.78 is 5.75. The van der Waals surface area contributed by atoms with Crippen molar-refractivity contribution in [2.24, 2.45) is 5.41 Å². The van der Waals surface area contributed by atoms with E-state index in [0.29, 0.717) is 6.04 Å². The highest BCUT2D eigenvalue weighted by Crippen LogP contribution is 2.41. The number of benzene rings is 2. The Kier molecular flexibility index (Phi) is 8.75. The molecular formula is C27H37ClN2O2. The van der Waals surface area contributed by atoms with Gasteiger partial charge in [0.2, 0.25) is 0 Å². The summed E-state index contributed by atoms with van der Waals surface area (Å²) in [5.41, 5.74) is 2.48. The van der Waals surface area contributed by atoms with Crippen LogP contribution in [0.15, 0.2) is 60.7 Å². The van der Waals surface area contributed by atoms with E-state index in [1.54, 1.807) is 0 Å². The first kappa shape index (κ1) is 24.8. The van der Waals surface area contributed by atoms with Crippen molar-refractivity contribution in [3.05, 3.63) is 71.8 Å². The molecule has 0 aromatic heterocycles. The predicted molar refractivity (Wildman–Crippen MR) is 132 cm³/mol. The van der Waals surface area contributed by atoms with Crippen molar-refractivity contribution in [1.29, 1.82) is 0 Å². The molecule has 2 saturated heterocycles. The third-order valence-corrected chi connectivity index (χ3v) is 7.45. The highest BCUT2D eigenvalue weighted by molar-refractivity contribution is 5.85. The van der Waals surface area contributed by atoms with Crippen molar-refractivity contribution < 1.29 is 9.53 Å². The van der Waals surface area contributed by atoms with Gasteiger partial charge in [-0.25, -0.2) is 0 Å². The Morgan fingerprint density at radius 1 is 0.906 bits per heavy atom. The van der Waals surface area contributed by atoms with E-state index < -0.39 is 0 Å². The van der Waals surface area contributed by atoms with Gasteiger partial charge < -0.3 is 9.64 Å². The van der Waals surface area contributed by atoms with Crippen LogP contribution in [-0.2, 0) is 9.53 Å². The summed E-state index contributed by atoms with van der Waals surface area (Å²) in [5, 5.41) is 0. The van der Waals surface area contributed by atoms with Gasteiger partial charge in [0.1, 0.15) is 6.10 Å². The van der Waals surface area contributed by atoms with Gasteiger partial charge in [0.15, 0.2) is 0 Å². The highest BCUT2D eigenvalue weighted by Gasteiger charge is 2.46. The van der Waals surface area contributed by atoms with Crippen LogP contribution in [0.3, 0.4) is 0 Å². The van der Waals surface area contributed by atoms with Crippen LogP contribution in [0.2, 0.25) is 0 Å². The molecule has 2 aromatic rings. The molecule has 32 heavy (non-hydrogen) atoms. The molecule has 2 aliphatic heterocycles. The Hall–Kier alpha value is -1.88. The molecule has 0 spiro atoms. The zero-order valence-electron chi connectivity index (χ0n) is 19.4. The molecule has 0 radical (unpaired) electrons. The summed E-state index contributed by atoms with van der Waals surface area (Å²) in [4.78, 5) is 17.5. The summed E-state index contributed by atoms with van der Waals surface area (Å²) in [6.45, 7) is 9.45. The molecule has 2 fully saturated rings. The van der Waals surface area contributed by atoms with E-state index in [4.69, 9.17) is 4.74 Å². The smallest absolute Gasteiger partial charge is 0.312 e. The summed E-state index contributed by atoms with van der Waals surface area (Å²) in [6, 6.07) is 22.0. The first-order valence-electron chi connectivity index (χ1n) is 11.9.